The summed E-state index contributed by atoms with van der Waals surface area (Å²) in [5.41, 5.74) is 1.49. The third-order valence-corrected chi connectivity index (χ3v) is 4.44. The smallest absolute Gasteiger partial charge is 0.251 e. The Kier molecular flexibility index (Phi) is 5.58. The number of aromatic amines is 1. The number of thiophene rings is 1. The number of hydrogen-bond acceptors (Lipinski definition) is 4. The van der Waals surface area contributed by atoms with E-state index in [0.717, 1.165) is 10.6 Å². The summed E-state index contributed by atoms with van der Waals surface area (Å²) < 4.78 is 0. The fourth-order valence-electron chi connectivity index (χ4n) is 2.29. The van der Waals surface area contributed by atoms with Crippen LogP contribution < -0.4 is 10.6 Å². The van der Waals surface area contributed by atoms with Crippen LogP contribution in [0.4, 0.5) is 5.82 Å². The highest BCUT2D eigenvalue weighted by molar-refractivity contribution is 7.13. The highest BCUT2D eigenvalue weighted by atomic mass is 32.1. The molecule has 0 radical (unpaired) electrons. The number of carbonyl (C=O) groups excluding carboxylic acids is 2. The van der Waals surface area contributed by atoms with Gasteiger partial charge in [-0.05, 0) is 30.0 Å². The maximum atomic E-state index is 11.9. The predicted octanol–water partition coefficient (Wildman–Crippen LogP) is 3.29. The molecule has 0 saturated carbocycles. The molecule has 3 N–H and O–H groups in total. The number of amides is 2. The standard InChI is InChI=1S/C18H18N4O2S/c23-17(9-4-10-19-18(24)13-6-2-1-3-7-13)20-16-12-14(21-22-16)15-8-5-11-25-15/h1-3,5-8,11-12H,4,9-10H2,(H,19,24)(H2,20,21,22,23). The topological polar surface area (TPSA) is 86.9 Å². The van der Waals surface area contributed by atoms with Crippen LogP contribution in [-0.2, 0) is 4.79 Å². The Morgan fingerprint density at radius 2 is 1.96 bits per heavy atom. The minimum absolute atomic E-state index is 0.127. The molecule has 0 saturated heterocycles. The Morgan fingerprint density at radius 1 is 1.12 bits per heavy atom. The van der Waals surface area contributed by atoms with Crippen molar-refractivity contribution in [2.24, 2.45) is 0 Å². The van der Waals surface area contributed by atoms with Crippen LogP contribution in [0.15, 0.2) is 53.9 Å². The van der Waals surface area contributed by atoms with E-state index in [1.54, 1.807) is 29.5 Å². The van der Waals surface area contributed by atoms with Crippen molar-refractivity contribution < 1.29 is 9.59 Å². The second kappa shape index (κ2) is 8.25. The van der Waals surface area contributed by atoms with E-state index in [9.17, 15) is 9.59 Å². The maximum Gasteiger partial charge on any atom is 0.251 e. The van der Waals surface area contributed by atoms with Crippen molar-refractivity contribution in [3.63, 3.8) is 0 Å². The summed E-state index contributed by atoms with van der Waals surface area (Å²) in [6.07, 6.45) is 0.878. The van der Waals surface area contributed by atoms with E-state index < -0.39 is 0 Å². The number of benzene rings is 1. The zero-order chi connectivity index (χ0) is 17.5. The first kappa shape index (κ1) is 16.9. The van der Waals surface area contributed by atoms with Crippen molar-refractivity contribution in [3.05, 3.63) is 59.5 Å². The van der Waals surface area contributed by atoms with Gasteiger partial charge in [0.2, 0.25) is 5.91 Å². The van der Waals surface area contributed by atoms with Gasteiger partial charge < -0.3 is 10.6 Å². The molecular formula is C18H18N4O2S. The largest absolute Gasteiger partial charge is 0.352 e. The molecule has 2 amide bonds. The predicted molar refractivity (Wildman–Crippen MR) is 98.5 cm³/mol. The molecule has 2 aromatic heterocycles. The lowest BCUT2D eigenvalue weighted by Gasteiger charge is -2.05. The summed E-state index contributed by atoms with van der Waals surface area (Å²) >= 11 is 1.60. The summed E-state index contributed by atoms with van der Waals surface area (Å²) in [4.78, 5) is 24.9. The Labute approximate surface area is 149 Å². The van der Waals surface area contributed by atoms with Crippen LogP contribution in [0.25, 0.3) is 10.6 Å². The van der Waals surface area contributed by atoms with Gasteiger partial charge in [0.25, 0.3) is 5.91 Å². The van der Waals surface area contributed by atoms with Crippen molar-refractivity contribution in [1.82, 2.24) is 15.5 Å². The van der Waals surface area contributed by atoms with Gasteiger partial charge in [-0.2, -0.15) is 5.10 Å². The third kappa shape index (κ3) is 4.77. The number of anilines is 1. The molecule has 0 atom stereocenters. The number of carbonyl (C=O) groups is 2. The number of nitrogens with one attached hydrogen (secondary N) is 3. The fraction of sp³-hybridized carbons (Fsp3) is 0.167. The van der Waals surface area contributed by atoms with Gasteiger partial charge in [-0.1, -0.05) is 24.3 Å². The van der Waals surface area contributed by atoms with Gasteiger partial charge in [0.05, 0.1) is 10.6 Å². The van der Waals surface area contributed by atoms with Gasteiger partial charge in [0.15, 0.2) is 5.82 Å². The zero-order valence-electron chi connectivity index (χ0n) is 13.5. The van der Waals surface area contributed by atoms with E-state index in [2.05, 4.69) is 20.8 Å². The fourth-order valence-corrected chi connectivity index (χ4v) is 2.98. The SMILES string of the molecule is O=C(CCCNC(=O)c1ccccc1)Nc1cc(-c2cccs2)[nH]n1. The number of nitrogens with zero attached hydrogens (tertiary/aromatic N) is 1. The van der Waals surface area contributed by atoms with Crippen LogP contribution in [0.2, 0.25) is 0 Å². The highest BCUT2D eigenvalue weighted by Gasteiger charge is 2.08. The third-order valence-electron chi connectivity index (χ3n) is 3.53. The number of aromatic nitrogens is 2. The summed E-state index contributed by atoms with van der Waals surface area (Å²) in [5.74, 6) is 0.244. The molecule has 0 spiro atoms. The Bertz CT molecular complexity index is 828. The van der Waals surface area contributed by atoms with Crippen molar-refractivity contribution in [1.29, 1.82) is 0 Å². The van der Waals surface area contributed by atoms with Crippen molar-refractivity contribution in [2.45, 2.75) is 12.8 Å². The van der Waals surface area contributed by atoms with Gasteiger partial charge in [-0.3, -0.25) is 14.7 Å². The van der Waals surface area contributed by atoms with Gasteiger partial charge in [0, 0.05) is 24.6 Å². The monoisotopic (exact) mass is 354 g/mol. The number of hydrogen-bond donors (Lipinski definition) is 3. The average molecular weight is 354 g/mol. The van der Waals surface area contributed by atoms with Crippen LogP contribution >= 0.6 is 11.3 Å². The molecule has 0 aliphatic heterocycles. The normalized spacial score (nSPS) is 10.4. The Balaban J connectivity index is 1.39. The van der Waals surface area contributed by atoms with E-state index in [0.29, 0.717) is 30.8 Å². The Hall–Kier alpha value is -2.93. The summed E-state index contributed by atoms with van der Waals surface area (Å²) in [6, 6.07) is 14.8. The Morgan fingerprint density at radius 3 is 2.72 bits per heavy atom. The highest BCUT2D eigenvalue weighted by Crippen LogP contribution is 2.24. The van der Waals surface area contributed by atoms with Crippen molar-refractivity contribution in [2.75, 3.05) is 11.9 Å². The first-order chi connectivity index (χ1) is 12.2. The lowest BCUT2D eigenvalue weighted by molar-refractivity contribution is -0.116. The van der Waals surface area contributed by atoms with Gasteiger partial charge in [-0.25, -0.2) is 0 Å². The van der Waals surface area contributed by atoms with E-state index >= 15 is 0 Å². The molecule has 0 fully saturated rings. The summed E-state index contributed by atoms with van der Waals surface area (Å²) in [6.45, 7) is 0.447. The molecule has 3 aromatic rings. The van der Waals surface area contributed by atoms with Crippen LogP contribution in [-0.4, -0.2) is 28.6 Å². The van der Waals surface area contributed by atoms with E-state index in [-0.39, 0.29) is 11.8 Å². The van der Waals surface area contributed by atoms with Gasteiger partial charge in [0.1, 0.15) is 0 Å². The molecule has 0 aliphatic rings. The number of rotatable bonds is 7. The molecule has 6 nitrogen and oxygen atoms in total. The minimum Gasteiger partial charge on any atom is -0.352 e. The van der Waals surface area contributed by atoms with Crippen LogP contribution in [0.1, 0.15) is 23.2 Å². The molecule has 2 heterocycles. The van der Waals surface area contributed by atoms with Crippen molar-refractivity contribution in [3.8, 4) is 10.6 Å². The molecular weight excluding hydrogens is 336 g/mol. The number of H-pyrrole nitrogens is 1. The second-order valence-corrected chi connectivity index (χ2v) is 6.37. The van der Waals surface area contributed by atoms with E-state index in [4.69, 9.17) is 0 Å². The van der Waals surface area contributed by atoms with E-state index in [1.165, 1.54) is 0 Å². The maximum absolute atomic E-state index is 11.9. The van der Waals surface area contributed by atoms with Crippen LogP contribution in [0, 0.1) is 0 Å². The molecule has 0 unspecified atom stereocenters. The lowest BCUT2D eigenvalue weighted by Crippen LogP contribution is -2.25. The molecule has 128 valence electrons. The average Bonchev–Trinajstić information content (AvgIpc) is 3.31. The minimum atomic E-state index is -0.131. The van der Waals surface area contributed by atoms with Gasteiger partial charge >= 0.3 is 0 Å². The molecule has 0 aliphatic carbocycles. The molecule has 0 bridgehead atoms. The van der Waals surface area contributed by atoms with E-state index in [1.807, 2.05) is 35.7 Å². The molecule has 7 heteroatoms. The second-order valence-electron chi connectivity index (χ2n) is 5.42. The first-order valence-electron chi connectivity index (χ1n) is 7.95. The van der Waals surface area contributed by atoms with Crippen molar-refractivity contribution >= 4 is 29.0 Å². The van der Waals surface area contributed by atoms with Crippen LogP contribution in [0.3, 0.4) is 0 Å². The molecule has 3 rings (SSSR count). The summed E-state index contributed by atoms with van der Waals surface area (Å²) in [5, 5.41) is 14.5. The quantitative estimate of drug-likeness (QED) is 0.569. The first-order valence-corrected chi connectivity index (χ1v) is 8.83. The molecule has 1 aromatic carbocycles. The lowest BCUT2D eigenvalue weighted by atomic mass is 10.2. The van der Waals surface area contributed by atoms with Gasteiger partial charge in [-0.15, -0.1) is 11.3 Å². The molecule has 25 heavy (non-hydrogen) atoms. The zero-order valence-corrected chi connectivity index (χ0v) is 14.3. The summed E-state index contributed by atoms with van der Waals surface area (Å²) in [7, 11) is 0. The van der Waals surface area contributed by atoms with Crippen LogP contribution in [0.5, 0.6) is 0 Å².